The molecule has 0 aliphatic heterocycles. The minimum atomic E-state index is -0.269. The molecule has 138 valence electrons. The van der Waals surface area contributed by atoms with Crippen LogP contribution in [-0.2, 0) is 6.54 Å². The summed E-state index contributed by atoms with van der Waals surface area (Å²) in [6.45, 7) is 2.66. The van der Waals surface area contributed by atoms with Gasteiger partial charge in [0.1, 0.15) is 5.69 Å². The van der Waals surface area contributed by atoms with Gasteiger partial charge in [-0.25, -0.2) is 9.97 Å². The molecule has 27 heavy (non-hydrogen) atoms. The Bertz CT molecular complexity index is 922. The van der Waals surface area contributed by atoms with Crippen LogP contribution in [0.2, 0.25) is 0 Å². The average Bonchev–Trinajstić information content (AvgIpc) is 2.68. The summed E-state index contributed by atoms with van der Waals surface area (Å²) in [5.41, 5.74) is 4.46. The van der Waals surface area contributed by atoms with Gasteiger partial charge in [0, 0.05) is 38.2 Å². The molecular weight excluding hydrogens is 338 g/mol. The number of anilines is 3. The highest BCUT2D eigenvalue weighted by Crippen LogP contribution is 2.16. The molecule has 6 heteroatoms. The number of nitrogens with zero attached hydrogens (tertiary/aromatic N) is 3. The van der Waals surface area contributed by atoms with Crippen LogP contribution in [0.25, 0.3) is 0 Å². The van der Waals surface area contributed by atoms with Crippen molar-refractivity contribution in [2.24, 2.45) is 0 Å². The number of rotatable bonds is 6. The fourth-order valence-electron chi connectivity index (χ4n) is 2.59. The molecule has 0 saturated carbocycles. The van der Waals surface area contributed by atoms with Gasteiger partial charge in [-0.05, 0) is 48.4 Å². The molecule has 1 amide bonds. The summed E-state index contributed by atoms with van der Waals surface area (Å²) in [7, 11) is 3.94. The van der Waals surface area contributed by atoms with Crippen LogP contribution in [0.4, 0.5) is 17.3 Å². The third-order valence-corrected chi connectivity index (χ3v) is 4.23. The first-order valence-corrected chi connectivity index (χ1v) is 8.73. The number of aryl methyl sites for hydroxylation is 1. The number of nitrogens with one attached hydrogen (secondary N) is 2. The van der Waals surface area contributed by atoms with Crippen molar-refractivity contribution in [3.63, 3.8) is 0 Å². The predicted molar refractivity (Wildman–Crippen MR) is 109 cm³/mol. The normalized spacial score (nSPS) is 10.3. The van der Waals surface area contributed by atoms with Crippen LogP contribution in [0.1, 0.15) is 21.6 Å². The van der Waals surface area contributed by atoms with Crippen LogP contribution in [0.5, 0.6) is 0 Å². The summed E-state index contributed by atoms with van der Waals surface area (Å²) in [6.07, 6.45) is 1.58. The van der Waals surface area contributed by atoms with Gasteiger partial charge >= 0.3 is 0 Å². The summed E-state index contributed by atoms with van der Waals surface area (Å²) < 4.78 is 0. The molecule has 0 radical (unpaired) electrons. The van der Waals surface area contributed by atoms with Gasteiger partial charge in [0.05, 0.1) is 0 Å². The molecule has 3 rings (SSSR count). The summed E-state index contributed by atoms with van der Waals surface area (Å²) in [5.74, 6) is 0.155. The highest BCUT2D eigenvalue weighted by atomic mass is 16.1. The van der Waals surface area contributed by atoms with E-state index in [0.29, 0.717) is 18.2 Å². The number of aromatic nitrogens is 2. The van der Waals surface area contributed by atoms with Gasteiger partial charge in [0.2, 0.25) is 5.95 Å². The number of carbonyl (C=O) groups is 1. The molecule has 0 fully saturated rings. The molecule has 0 saturated heterocycles. The highest BCUT2D eigenvalue weighted by Gasteiger charge is 2.10. The molecule has 0 spiro atoms. The van der Waals surface area contributed by atoms with Crippen LogP contribution >= 0.6 is 0 Å². The van der Waals surface area contributed by atoms with Gasteiger partial charge in [0.25, 0.3) is 5.91 Å². The summed E-state index contributed by atoms with van der Waals surface area (Å²) in [6, 6.07) is 17.3. The third kappa shape index (κ3) is 4.82. The quantitative estimate of drug-likeness (QED) is 0.700. The Morgan fingerprint density at radius 3 is 2.48 bits per heavy atom. The Labute approximate surface area is 159 Å². The van der Waals surface area contributed by atoms with Crippen molar-refractivity contribution in [2.45, 2.75) is 13.5 Å². The standard InChI is InChI=1S/C21H23N5O/c1-15-6-4-5-7-16(15)14-23-21-22-13-12-19(25-21)20(27)24-17-8-10-18(11-9-17)26(2)3/h4-13H,14H2,1-3H3,(H,24,27)(H,22,23,25). The van der Waals surface area contributed by atoms with Gasteiger partial charge in [-0.2, -0.15) is 0 Å². The zero-order valence-corrected chi connectivity index (χ0v) is 15.7. The van der Waals surface area contributed by atoms with Crippen LogP contribution in [0.3, 0.4) is 0 Å². The molecule has 3 aromatic rings. The molecule has 2 aromatic carbocycles. The van der Waals surface area contributed by atoms with E-state index in [2.05, 4.69) is 39.7 Å². The lowest BCUT2D eigenvalue weighted by atomic mass is 10.1. The average molecular weight is 361 g/mol. The maximum Gasteiger partial charge on any atom is 0.274 e. The SMILES string of the molecule is Cc1ccccc1CNc1nccc(C(=O)Nc2ccc(N(C)C)cc2)n1. The smallest absolute Gasteiger partial charge is 0.274 e. The van der Waals surface area contributed by atoms with E-state index in [-0.39, 0.29) is 5.91 Å². The molecule has 0 aliphatic rings. The Morgan fingerprint density at radius 1 is 1.04 bits per heavy atom. The molecule has 6 nitrogen and oxygen atoms in total. The van der Waals surface area contributed by atoms with E-state index >= 15 is 0 Å². The number of benzene rings is 2. The van der Waals surface area contributed by atoms with Crippen LogP contribution < -0.4 is 15.5 Å². The van der Waals surface area contributed by atoms with E-state index in [0.717, 1.165) is 16.9 Å². The highest BCUT2D eigenvalue weighted by molar-refractivity contribution is 6.03. The number of hydrogen-bond acceptors (Lipinski definition) is 5. The first-order valence-electron chi connectivity index (χ1n) is 8.73. The van der Waals surface area contributed by atoms with Crippen molar-refractivity contribution >= 4 is 23.2 Å². The largest absolute Gasteiger partial charge is 0.378 e. The van der Waals surface area contributed by atoms with Crippen molar-refractivity contribution in [2.75, 3.05) is 29.6 Å². The minimum absolute atomic E-state index is 0.269. The van der Waals surface area contributed by atoms with Crippen LogP contribution in [0, 0.1) is 6.92 Å². The van der Waals surface area contributed by atoms with E-state index in [1.165, 1.54) is 5.56 Å². The second-order valence-electron chi connectivity index (χ2n) is 6.44. The molecule has 1 heterocycles. The molecule has 2 N–H and O–H groups in total. The zero-order valence-electron chi connectivity index (χ0n) is 15.7. The van der Waals surface area contributed by atoms with Crippen molar-refractivity contribution in [1.29, 1.82) is 0 Å². The zero-order chi connectivity index (χ0) is 19.2. The topological polar surface area (TPSA) is 70.2 Å². The van der Waals surface area contributed by atoms with E-state index in [1.54, 1.807) is 12.3 Å². The lowest BCUT2D eigenvalue weighted by Gasteiger charge is -2.13. The van der Waals surface area contributed by atoms with Crippen molar-refractivity contribution in [3.8, 4) is 0 Å². The molecule has 0 aliphatic carbocycles. The Hall–Kier alpha value is -3.41. The van der Waals surface area contributed by atoms with Gasteiger partial charge in [-0.3, -0.25) is 4.79 Å². The van der Waals surface area contributed by atoms with Crippen LogP contribution in [-0.4, -0.2) is 30.0 Å². The Kier molecular flexibility index (Phi) is 5.66. The molecule has 0 atom stereocenters. The van der Waals surface area contributed by atoms with Gasteiger partial charge in [-0.15, -0.1) is 0 Å². The maximum atomic E-state index is 12.5. The van der Waals surface area contributed by atoms with Crippen molar-refractivity contribution in [3.05, 3.63) is 77.6 Å². The third-order valence-electron chi connectivity index (χ3n) is 4.23. The lowest BCUT2D eigenvalue weighted by Crippen LogP contribution is -2.15. The second-order valence-corrected chi connectivity index (χ2v) is 6.44. The maximum absolute atomic E-state index is 12.5. The van der Waals surface area contributed by atoms with Crippen molar-refractivity contribution < 1.29 is 4.79 Å². The fraction of sp³-hybridized carbons (Fsp3) is 0.190. The minimum Gasteiger partial charge on any atom is -0.378 e. The number of hydrogen-bond donors (Lipinski definition) is 2. The Balaban J connectivity index is 1.65. The lowest BCUT2D eigenvalue weighted by molar-refractivity contribution is 0.102. The van der Waals surface area contributed by atoms with Crippen LogP contribution in [0.15, 0.2) is 60.8 Å². The second kappa shape index (κ2) is 8.31. The molecule has 0 unspecified atom stereocenters. The fourth-order valence-corrected chi connectivity index (χ4v) is 2.59. The van der Waals surface area contributed by atoms with E-state index in [9.17, 15) is 4.79 Å². The number of carbonyl (C=O) groups excluding carboxylic acids is 1. The predicted octanol–water partition coefficient (Wildman–Crippen LogP) is 3.72. The number of amides is 1. The van der Waals surface area contributed by atoms with Gasteiger partial charge in [0.15, 0.2) is 0 Å². The van der Waals surface area contributed by atoms with Gasteiger partial charge in [-0.1, -0.05) is 24.3 Å². The first-order chi connectivity index (χ1) is 13.0. The molecular formula is C21H23N5O. The van der Waals surface area contributed by atoms with E-state index in [4.69, 9.17) is 0 Å². The first kappa shape index (κ1) is 18.4. The summed E-state index contributed by atoms with van der Waals surface area (Å²) in [4.78, 5) is 23.0. The van der Waals surface area contributed by atoms with E-state index < -0.39 is 0 Å². The summed E-state index contributed by atoms with van der Waals surface area (Å²) >= 11 is 0. The molecule has 1 aromatic heterocycles. The monoisotopic (exact) mass is 361 g/mol. The van der Waals surface area contributed by atoms with E-state index in [1.807, 2.05) is 55.4 Å². The molecule has 0 bridgehead atoms. The van der Waals surface area contributed by atoms with Crippen molar-refractivity contribution in [1.82, 2.24) is 9.97 Å². The van der Waals surface area contributed by atoms with Gasteiger partial charge < -0.3 is 15.5 Å². The summed E-state index contributed by atoms with van der Waals surface area (Å²) in [5, 5.41) is 6.03. The Morgan fingerprint density at radius 2 is 1.78 bits per heavy atom.